The Morgan fingerprint density at radius 2 is 2.27 bits per heavy atom. The van der Waals surface area contributed by atoms with Crippen molar-refractivity contribution in [1.82, 2.24) is 25.0 Å². The van der Waals surface area contributed by atoms with Gasteiger partial charge in [-0.3, -0.25) is 0 Å². The molecule has 0 spiro atoms. The highest BCUT2D eigenvalue weighted by atomic mass is 16.5. The van der Waals surface area contributed by atoms with Crippen LogP contribution in [0.25, 0.3) is 0 Å². The van der Waals surface area contributed by atoms with E-state index in [1.165, 1.54) is 0 Å². The number of ether oxygens (including phenoxy) is 1. The first-order valence-corrected chi connectivity index (χ1v) is 8.19. The first-order valence-electron chi connectivity index (χ1n) is 8.19. The monoisotopic (exact) mass is 307 g/mol. The normalized spacial score (nSPS) is 24.4. The highest BCUT2D eigenvalue weighted by molar-refractivity contribution is 5.74. The Morgan fingerprint density at radius 3 is 3.09 bits per heavy atom. The van der Waals surface area contributed by atoms with Gasteiger partial charge in [0.05, 0.1) is 18.8 Å². The summed E-state index contributed by atoms with van der Waals surface area (Å²) >= 11 is 0. The fourth-order valence-corrected chi connectivity index (χ4v) is 3.11. The van der Waals surface area contributed by atoms with E-state index in [0.717, 1.165) is 43.9 Å². The third kappa shape index (κ3) is 3.09. The van der Waals surface area contributed by atoms with Crippen LogP contribution in [0, 0.1) is 0 Å². The molecule has 1 fully saturated rings. The second-order valence-electron chi connectivity index (χ2n) is 6.34. The number of fused-ring (bicyclic) bond motifs is 1. The fraction of sp³-hybridized carbons (Fsp3) is 0.800. The van der Waals surface area contributed by atoms with Gasteiger partial charge in [0.1, 0.15) is 11.6 Å². The van der Waals surface area contributed by atoms with Gasteiger partial charge in [-0.05, 0) is 19.8 Å². The molecule has 2 amide bonds. The molecule has 3 rings (SSSR count). The van der Waals surface area contributed by atoms with E-state index in [0.29, 0.717) is 26.2 Å². The van der Waals surface area contributed by atoms with Crippen molar-refractivity contribution in [2.75, 3.05) is 26.2 Å². The number of carbonyl (C=O) groups is 1. The molecule has 1 atom stereocenters. The summed E-state index contributed by atoms with van der Waals surface area (Å²) < 4.78 is 7.94. The molecule has 0 radical (unpaired) electrons. The Morgan fingerprint density at radius 1 is 1.41 bits per heavy atom. The van der Waals surface area contributed by atoms with Gasteiger partial charge >= 0.3 is 6.03 Å². The molecule has 122 valence electrons. The Hall–Kier alpha value is -1.63. The molecule has 1 unspecified atom stereocenters. The van der Waals surface area contributed by atoms with E-state index in [1.54, 1.807) is 0 Å². The summed E-state index contributed by atoms with van der Waals surface area (Å²) in [6, 6.07) is -0.0101. The number of hydrogen-bond donors (Lipinski definition) is 1. The number of hydrogen-bond acceptors (Lipinski definition) is 4. The third-order valence-corrected chi connectivity index (χ3v) is 4.68. The first kappa shape index (κ1) is 15.3. The predicted octanol–water partition coefficient (Wildman–Crippen LogP) is 0.977. The van der Waals surface area contributed by atoms with Crippen LogP contribution in [-0.4, -0.2) is 57.5 Å². The van der Waals surface area contributed by atoms with Crippen LogP contribution in [0.5, 0.6) is 0 Å². The lowest BCUT2D eigenvalue weighted by Crippen LogP contribution is -2.54. The Balaban J connectivity index is 1.48. The van der Waals surface area contributed by atoms with E-state index in [2.05, 4.69) is 33.9 Å². The van der Waals surface area contributed by atoms with Crippen LogP contribution in [0.1, 0.15) is 38.3 Å². The average Bonchev–Trinajstić information content (AvgIpc) is 3.12. The van der Waals surface area contributed by atoms with E-state index in [9.17, 15) is 4.79 Å². The number of carbonyl (C=O) groups excluding carboxylic acids is 1. The smallest absolute Gasteiger partial charge is 0.317 e. The lowest BCUT2D eigenvalue weighted by Gasteiger charge is -2.39. The molecule has 2 aliphatic rings. The van der Waals surface area contributed by atoms with Gasteiger partial charge < -0.3 is 19.5 Å². The molecule has 0 aliphatic carbocycles. The summed E-state index contributed by atoms with van der Waals surface area (Å²) in [5.74, 6) is 2.06. The fourth-order valence-electron chi connectivity index (χ4n) is 3.11. The topological polar surface area (TPSA) is 72.3 Å². The Labute approximate surface area is 131 Å². The number of nitrogens with zero attached hydrogens (tertiary/aromatic N) is 4. The molecule has 3 heterocycles. The molecule has 1 saturated heterocycles. The van der Waals surface area contributed by atoms with Gasteiger partial charge in [-0.25, -0.2) is 4.79 Å². The summed E-state index contributed by atoms with van der Waals surface area (Å²) in [6.07, 6.45) is 3.80. The second kappa shape index (κ2) is 6.24. The highest BCUT2D eigenvalue weighted by Crippen LogP contribution is 2.21. The predicted molar refractivity (Wildman–Crippen MR) is 81.7 cm³/mol. The van der Waals surface area contributed by atoms with Gasteiger partial charge in [0.2, 0.25) is 0 Å². The number of urea groups is 1. The minimum atomic E-state index is -0.219. The van der Waals surface area contributed by atoms with E-state index in [1.807, 2.05) is 4.90 Å². The zero-order valence-electron chi connectivity index (χ0n) is 13.5. The van der Waals surface area contributed by atoms with E-state index in [-0.39, 0.29) is 11.6 Å². The molecule has 0 saturated carbocycles. The summed E-state index contributed by atoms with van der Waals surface area (Å²) in [6.45, 7) is 7.66. The van der Waals surface area contributed by atoms with Gasteiger partial charge in [0.25, 0.3) is 0 Å². The van der Waals surface area contributed by atoms with Crippen molar-refractivity contribution in [2.24, 2.45) is 0 Å². The highest BCUT2D eigenvalue weighted by Gasteiger charge is 2.32. The molecule has 1 aromatic rings. The molecule has 7 nitrogen and oxygen atoms in total. The van der Waals surface area contributed by atoms with Crippen molar-refractivity contribution in [3.63, 3.8) is 0 Å². The maximum absolute atomic E-state index is 12.3. The molecule has 0 bridgehead atoms. The van der Waals surface area contributed by atoms with Crippen molar-refractivity contribution >= 4 is 6.03 Å². The first-order chi connectivity index (χ1) is 10.6. The quantitative estimate of drug-likeness (QED) is 0.900. The van der Waals surface area contributed by atoms with Crippen LogP contribution in [-0.2, 0) is 24.1 Å². The maximum Gasteiger partial charge on any atom is 0.317 e. The van der Waals surface area contributed by atoms with Crippen LogP contribution in [0.15, 0.2) is 0 Å². The average molecular weight is 307 g/mol. The van der Waals surface area contributed by atoms with Gasteiger partial charge in [0.15, 0.2) is 0 Å². The Kier molecular flexibility index (Phi) is 4.33. The van der Waals surface area contributed by atoms with Crippen LogP contribution in [0.2, 0.25) is 0 Å². The third-order valence-electron chi connectivity index (χ3n) is 4.68. The van der Waals surface area contributed by atoms with Crippen LogP contribution in [0.4, 0.5) is 4.79 Å². The summed E-state index contributed by atoms with van der Waals surface area (Å²) in [7, 11) is 0. The number of aryl methyl sites for hydroxylation is 1. The maximum atomic E-state index is 12.3. The lowest BCUT2D eigenvalue weighted by atomic mass is 10.0. The van der Waals surface area contributed by atoms with Crippen molar-refractivity contribution in [1.29, 1.82) is 0 Å². The minimum Gasteiger partial charge on any atom is -0.372 e. The number of aromatic nitrogens is 3. The van der Waals surface area contributed by atoms with Crippen molar-refractivity contribution in [3.8, 4) is 0 Å². The number of nitrogens with one attached hydrogen (secondary N) is 1. The Bertz CT molecular complexity index is 544. The van der Waals surface area contributed by atoms with Gasteiger partial charge in [-0.1, -0.05) is 6.92 Å². The summed E-state index contributed by atoms with van der Waals surface area (Å²) in [5.41, 5.74) is -0.219. The molecule has 0 aromatic carbocycles. The van der Waals surface area contributed by atoms with E-state index < -0.39 is 0 Å². The zero-order chi connectivity index (χ0) is 15.6. The molecule has 1 aromatic heterocycles. The second-order valence-corrected chi connectivity index (χ2v) is 6.34. The molecule has 22 heavy (non-hydrogen) atoms. The van der Waals surface area contributed by atoms with Crippen molar-refractivity contribution in [3.05, 3.63) is 11.6 Å². The number of amides is 2. The zero-order valence-corrected chi connectivity index (χ0v) is 13.5. The molecule has 7 heteroatoms. The van der Waals surface area contributed by atoms with Crippen LogP contribution in [0.3, 0.4) is 0 Å². The SMILES string of the molecule is CCC1(C)CN(C(=O)NCCc2nnc3n2CCC3)CCO1. The number of rotatable bonds is 4. The van der Waals surface area contributed by atoms with Gasteiger partial charge in [0, 0.05) is 32.5 Å². The van der Waals surface area contributed by atoms with Crippen LogP contribution >= 0.6 is 0 Å². The van der Waals surface area contributed by atoms with Crippen LogP contribution < -0.4 is 5.32 Å². The minimum absolute atomic E-state index is 0.0101. The lowest BCUT2D eigenvalue weighted by molar-refractivity contribution is -0.0872. The van der Waals surface area contributed by atoms with E-state index >= 15 is 0 Å². The summed E-state index contributed by atoms with van der Waals surface area (Å²) in [5, 5.41) is 11.4. The molecular weight excluding hydrogens is 282 g/mol. The van der Waals surface area contributed by atoms with E-state index in [4.69, 9.17) is 4.74 Å². The van der Waals surface area contributed by atoms with Gasteiger partial charge in [-0.15, -0.1) is 10.2 Å². The summed E-state index contributed by atoms with van der Waals surface area (Å²) in [4.78, 5) is 14.1. The number of morpholine rings is 1. The van der Waals surface area contributed by atoms with Crippen molar-refractivity contribution < 1.29 is 9.53 Å². The van der Waals surface area contributed by atoms with Crippen molar-refractivity contribution in [2.45, 2.75) is 51.7 Å². The molecule has 2 aliphatic heterocycles. The standard InChI is InChI=1S/C15H25N5O2/c1-3-15(2)11-19(9-10-22-15)14(21)16-7-6-13-18-17-12-5-4-8-20(12)13/h3-11H2,1-2H3,(H,16,21). The largest absolute Gasteiger partial charge is 0.372 e. The molecule has 1 N–H and O–H groups in total. The van der Waals surface area contributed by atoms with Gasteiger partial charge in [-0.2, -0.15) is 0 Å². The molecular formula is C15H25N5O2.